The summed E-state index contributed by atoms with van der Waals surface area (Å²) in [5.41, 5.74) is -0.436. The summed E-state index contributed by atoms with van der Waals surface area (Å²) in [5, 5.41) is -0.417. The number of amides is 1. The maximum atomic E-state index is 11.9. The third-order valence-electron chi connectivity index (χ3n) is 2.42. The predicted molar refractivity (Wildman–Crippen MR) is 55.1 cm³/mol. The van der Waals surface area contributed by atoms with E-state index in [0.29, 0.717) is 13.0 Å². The van der Waals surface area contributed by atoms with Crippen molar-refractivity contribution in [1.82, 2.24) is 4.90 Å². The number of nitrogens with zero attached hydrogens (tertiary/aromatic N) is 1. The molecule has 0 radical (unpaired) electrons. The van der Waals surface area contributed by atoms with Gasteiger partial charge in [0.1, 0.15) is 6.04 Å². The molecule has 0 aliphatic carbocycles. The number of carbonyl (C=O) groups excluding carboxylic acids is 2. The van der Waals surface area contributed by atoms with Gasteiger partial charge < -0.3 is 4.90 Å². The minimum Gasteiger partial charge on any atom is -0.331 e. The highest BCUT2D eigenvalue weighted by atomic mass is 35.5. The molecule has 1 saturated heterocycles. The van der Waals surface area contributed by atoms with Gasteiger partial charge in [-0.15, -0.1) is 0 Å². The molecule has 0 bridgehead atoms. The smallest absolute Gasteiger partial charge is 0.244 e. The minimum atomic E-state index is -0.436. The lowest BCUT2D eigenvalue weighted by Gasteiger charge is -2.29. The highest BCUT2D eigenvalue weighted by molar-refractivity contribution is 6.64. The molecule has 14 heavy (non-hydrogen) atoms. The first-order valence-corrected chi connectivity index (χ1v) is 5.22. The highest BCUT2D eigenvalue weighted by Gasteiger charge is 2.37. The van der Waals surface area contributed by atoms with Crippen LogP contribution in [0, 0.1) is 5.41 Å². The summed E-state index contributed by atoms with van der Waals surface area (Å²) in [6, 6.07) is -0.400. The van der Waals surface area contributed by atoms with Gasteiger partial charge in [-0.2, -0.15) is 0 Å². The van der Waals surface area contributed by atoms with Gasteiger partial charge in [-0.1, -0.05) is 20.8 Å². The average molecular weight is 218 g/mol. The van der Waals surface area contributed by atoms with Gasteiger partial charge in [-0.25, -0.2) is 0 Å². The lowest BCUT2D eigenvalue weighted by Crippen LogP contribution is -2.44. The molecule has 0 aromatic heterocycles. The summed E-state index contributed by atoms with van der Waals surface area (Å²) in [6.07, 6.45) is 1.56. The summed E-state index contributed by atoms with van der Waals surface area (Å²) in [6.45, 7) is 6.20. The van der Waals surface area contributed by atoms with Gasteiger partial charge in [-0.05, 0) is 24.4 Å². The van der Waals surface area contributed by atoms with Crippen LogP contribution in [0.1, 0.15) is 33.6 Å². The topological polar surface area (TPSA) is 37.4 Å². The zero-order valence-electron chi connectivity index (χ0n) is 8.84. The Labute approximate surface area is 89.4 Å². The standard InChI is InChI=1S/C10H16ClNO2/c1-10(2,3)9(14)12-6-4-5-7(12)8(11)13/h7H,4-6H2,1-3H3. The maximum Gasteiger partial charge on any atom is 0.244 e. The van der Waals surface area contributed by atoms with Crippen molar-refractivity contribution >= 4 is 22.8 Å². The molecule has 1 aliphatic rings. The molecule has 3 nitrogen and oxygen atoms in total. The van der Waals surface area contributed by atoms with Crippen molar-refractivity contribution in [2.75, 3.05) is 6.54 Å². The van der Waals surface area contributed by atoms with Crippen LogP contribution in [-0.4, -0.2) is 28.6 Å². The molecular formula is C10H16ClNO2. The van der Waals surface area contributed by atoms with Crippen LogP contribution in [0.15, 0.2) is 0 Å². The Morgan fingerprint density at radius 3 is 2.36 bits per heavy atom. The molecule has 1 aliphatic heterocycles. The van der Waals surface area contributed by atoms with Crippen molar-refractivity contribution < 1.29 is 9.59 Å². The largest absolute Gasteiger partial charge is 0.331 e. The molecule has 0 aromatic rings. The SMILES string of the molecule is CC(C)(C)C(=O)N1CCCC1C(=O)Cl. The van der Waals surface area contributed by atoms with Gasteiger partial charge >= 0.3 is 0 Å². The Hall–Kier alpha value is -0.570. The molecule has 1 amide bonds. The van der Waals surface area contributed by atoms with Crippen molar-refractivity contribution in [2.45, 2.75) is 39.7 Å². The molecule has 80 valence electrons. The molecule has 4 heteroatoms. The molecule has 1 heterocycles. The van der Waals surface area contributed by atoms with Crippen molar-refractivity contribution in [3.8, 4) is 0 Å². The van der Waals surface area contributed by atoms with Gasteiger partial charge in [0.15, 0.2) is 0 Å². The molecule has 0 aromatic carbocycles. The van der Waals surface area contributed by atoms with Crippen molar-refractivity contribution in [3.63, 3.8) is 0 Å². The van der Waals surface area contributed by atoms with E-state index in [4.69, 9.17) is 11.6 Å². The molecule has 1 atom stereocenters. The van der Waals surface area contributed by atoms with E-state index >= 15 is 0 Å². The molecule has 1 unspecified atom stereocenters. The van der Waals surface area contributed by atoms with Crippen LogP contribution < -0.4 is 0 Å². The Bertz CT molecular complexity index is 257. The normalized spacial score (nSPS) is 22.6. The number of carbonyl (C=O) groups is 2. The molecule has 0 spiro atoms. The van der Waals surface area contributed by atoms with Crippen LogP contribution in [0.3, 0.4) is 0 Å². The van der Waals surface area contributed by atoms with E-state index in [1.54, 1.807) is 4.90 Å². The van der Waals surface area contributed by atoms with Crippen molar-refractivity contribution in [3.05, 3.63) is 0 Å². The minimum absolute atomic E-state index is 0.00833. The lowest BCUT2D eigenvalue weighted by molar-refractivity contribution is -0.142. The number of likely N-dealkylation sites (tertiary alicyclic amines) is 1. The van der Waals surface area contributed by atoms with E-state index in [9.17, 15) is 9.59 Å². The summed E-state index contributed by atoms with van der Waals surface area (Å²) in [4.78, 5) is 24.6. The van der Waals surface area contributed by atoms with Crippen LogP contribution >= 0.6 is 11.6 Å². The first-order chi connectivity index (χ1) is 6.34. The number of hydrogen-bond acceptors (Lipinski definition) is 2. The van der Waals surface area contributed by atoms with Crippen LogP contribution in [0.25, 0.3) is 0 Å². The maximum absolute atomic E-state index is 11.9. The number of rotatable bonds is 1. The number of hydrogen-bond donors (Lipinski definition) is 0. The van der Waals surface area contributed by atoms with E-state index in [0.717, 1.165) is 6.42 Å². The van der Waals surface area contributed by atoms with Crippen LogP contribution in [0.5, 0.6) is 0 Å². The quantitative estimate of drug-likeness (QED) is 0.628. The van der Waals surface area contributed by atoms with E-state index < -0.39 is 16.7 Å². The van der Waals surface area contributed by atoms with E-state index in [2.05, 4.69) is 0 Å². The van der Waals surface area contributed by atoms with Crippen molar-refractivity contribution in [2.24, 2.45) is 5.41 Å². The lowest BCUT2D eigenvalue weighted by atomic mass is 9.94. The Morgan fingerprint density at radius 1 is 1.36 bits per heavy atom. The summed E-state index contributed by atoms with van der Waals surface area (Å²) < 4.78 is 0. The Morgan fingerprint density at radius 2 is 1.93 bits per heavy atom. The highest BCUT2D eigenvalue weighted by Crippen LogP contribution is 2.26. The fraction of sp³-hybridized carbons (Fsp3) is 0.800. The Balaban J connectivity index is 2.77. The fourth-order valence-corrected chi connectivity index (χ4v) is 1.90. The molecule has 1 fully saturated rings. The fourth-order valence-electron chi connectivity index (χ4n) is 1.68. The van der Waals surface area contributed by atoms with E-state index in [1.165, 1.54) is 0 Å². The first-order valence-electron chi connectivity index (χ1n) is 4.84. The van der Waals surface area contributed by atoms with Gasteiger partial charge in [0, 0.05) is 12.0 Å². The zero-order valence-corrected chi connectivity index (χ0v) is 9.60. The Kier molecular flexibility index (Phi) is 3.20. The van der Waals surface area contributed by atoms with E-state index in [-0.39, 0.29) is 5.91 Å². The molecular weight excluding hydrogens is 202 g/mol. The molecule has 0 N–H and O–H groups in total. The average Bonchev–Trinajstić information content (AvgIpc) is 2.48. The predicted octanol–water partition coefficient (Wildman–Crippen LogP) is 1.79. The van der Waals surface area contributed by atoms with Gasteiger partial charge in [-0.3, -0.25) is 9.59 Å². The third-order valence-corrected chi connectivity index (χ3v) is 2.67. The van der Waals surface area contributed by atoms with Crippen molar-refractivity contribution in [1.29, 1.82) is 0 Å². The molecule has 0 saturated carbocycles. The zero-order chi connectivity index (χ0) is 10.9. The van der Waals surface area contributed by atoms with E-state index in [1.807, 2.05) is 20.8 Å². The molecule has 1 rings (SSSR count). The summed E-state index contributed by atoms with van der Waals surface area (Å²) in [5.74, 6) is 0.00833. The summed E-state index contributed by atoms with van der Waals surface area (Å²) >= 11 is 5.44. The second kappa shape index (κ2) is 3.89. The third kappa shape index (κ3) is 2.27. The van der Waals surface area contributed by atoms with Gasteiger partial charge in [0.05, 0.1) is 0 Å². The first kappa shape index (κ1) is 11.5. The second-order valence-electron chi connectivity index (χ2n) is 4.71. The monoisotopic (exact) mass is 217 g/mol. The van der Waals surface area contributed by atoms with Crippen LogP contribution in [0.4, 0.5) is 0 Å². The number of halogens is 1. The van der Waals surface area contributed by atoms with Gasteiger partial charge in [0.25, 0.3) is 0 Å². The summed E-state index contributed by atoms with van der Waals surface area (Å²) in [7, 11) is 0. The van der Waals surface area contributed by atoms with Crippen LogP contribution in [0.2, 0.25) is 0 Å². The van der Waals surface area contributed by atoms with Gasteiger partial charge in [0.2, 0.25) is 11.1 Å². The van der Waals surface area contributed by atoms with Crippen LogP contribution in [-0.2, 0) is 9.59 Å². The second-order valence-corrected chi connectivity index (χ2v) is 5.08.